The second-order valence-corrected chi connectivity index (χ2v) is 6.84. The summed E-state index contributed by atoms with van der Waals surface area (Å²) in [6.45, 7) is 0. The summed E-state index contributed by atoms with van der Waals surface area (Å²) in [5, 5.41) is 17.5. The van der Waals surface area contributed by atoms with Gasteiger partial charge in [-0.1, -0.05) is 35.3 Å². The summed E-state index contributed by atoms with van der Waals surface area (Å²) in [6, 6.07) is 13.4. The summed E-state index contributed by atoms with van der Waals surface area (Å²) in [5.74, 6) is -0.130. The molecule has 8 heteroatoms. The van der Waals surface area contributed by atoms with E-state index in [0.29, 0.717) is 10.7 Å². The second kappa shape index (κ2) is 8.00. The number of carbonyl (C=O) groups excluding carboxylic acids is 1. The lowest BCUT2D eigenvalue weighted by Crippen LogP contribution is -2.34. The van der Waals surface area contributed by atoms with Crippen LogP contribution in [0.1, 0.15) is 10.4 Å². The molecule has 3 rings (SSSR count). The van der Waals surface area contributed by atoms with Gasteiger partial charge in [-0.05, 0) is 54.0 Å². The van der Waals surface area contributed by atoms with Crippen LogP contribution in [0.15, 0.2) is 48.5 Å². The van der Waals surface area contributed by atoms with Crippen molar-refractivity contribution in [3.05, 3.63) is 64.1 Å². The number of amides is 1. The van der Waals surface area contributed by atoms with Gasteiger partial charge in [-0.15, -0.1) is 0 Å². The predicted molar refractivity (Wildman–Crippen MR) is 112 cm³/mol. The van der Waals surface area contributed by atoms with Gasteiger partial charge in [0.15, 0.2) is 5.11 Å². The molecule has 0 radical (unpaired) electrons. The van der Waals surface area contributed by atoms with Gasteiger partial charge in [0.2, 0.25) is 0 Å². The number of hydrogen-bond donors (Lipinski definition) is 3. The number of nitrogens with one attached hydrogen (secondary N) is 2. The van der Waals surface area contributed by atoms with Crippen molar-refractivity contribution < 1.29 is 14.6 Å². The van der Waals surface area contributed by atoms with Crippen molar-refractivity contribution >= 4 is 62.9 Å². The van der Waals surface area contributed by atoms with Crippen molar-refractivity contribution in [2.24, 2.45) is 0 Å². The van der Waals surface area contributed by atoms with Gasteiger partial charge in [-0.25, -0.2) is 0 Å². The Morgan fingerprint density at radius 2 is 1.93 bits per heavy atom. The van der Waals surface area contributed by atoms with Gasteiger partial charge in [0.05, 0.1) is 17.7 Å². The van der Waals surface area contributed by atoms with E-state index in [2.05, 4.69) is 10.6 Å². The maximum absolute atomic E-state index is 12.6. The molecule has 27 heavy (non-hydrogen) atoms. The summed E-state index contributed by atoms with van der Waals surface area (Å²) in [5.41, 5.74) is 0.857. The number of benzene rings is 3. The molecule has 138 valence electrons. The number of ether oxygens (including phenoxy) is 1. The van der Waals surface area contributed by atoms with Crippen LogP contribution in [0.3, 0.4) is 0 Å². The topological polar surface area (TPSA) is 70.6 Å². The molecule has 5 nitrogen and oxygen atoms in total. The number of phenols is 1. The Hall–Kier alpha value is -2.54. The van der Waals surface area contributed by atoms with Gasteiger partial charge in [0.25, 0.3) is 5.91 Å². The fourth-order valence-corrected chi connectivity index (χ4v) is 3.41. The standard InChI is InChI=1S/C19H14Cl2N2O3S/c1-26-17-14(8-11(20)9-15(17)21)18(25)23-19(27)22-16-4-2-3-10-7-12(24)5-6-13(10)16/h2-9,24H,1H3,(H2,22,23,25,27). The Bertz CT molecular complexity index is 1060. The molecule has 0 aliphatic carbocycles. The number of rotatable bonds is 3. The lowest BCUT2D eigenvalue weighted by Gasteiger charge is -2.14. The van der Waals surface area contributed by atoms with E-state index in [1.165, 1.54) is 19.2 Å². The van der Waals surface area contributed by atoms with E-state index in [9.17, 15) is 9.90 Å². The summed E-state index contributed by atoms with van der Waals surface area (Å²) < 4.78 is 5.18. The zero-order chi connectivity index (χ0) is 19.6. The van der Waals surface area contributed by atoms with Crippen LogP contribution in [0.2, 0.25) is 10.0 Å². The normalized spacial score (nSPS) is 10.5. The third kappa shape index (κ3) is 4.24. The van der Waals surface area contributed by atoms with E-state index in [4.69, 9.17) is 40.2 Å². The first-order valence-corrected chi connectivity index (χ1v) is 8.92. The minimum Gasteiger partial charge on any atom is -0.508 e. The molecule has 0 spiro atoms. The van der Waals surface area contributed by atoms with Gasteiger partial charge < -0.3 is 15.2 Å². The first-order valence-electron chi connectivity index (χ1n) is 7.76. The molecule has 0 bridgehead atoms. The molecular weight excluding hydrogens is 407 g/mol. The number of carbonyl (C=O) groups is 1. The van der Waals surface area contributed by atoms with Crippen LogP contribution in [0.4, 0.5) is 5.69 Å². The van der Waals surface area contributed by atoms with Crippen LogP contribution < -0.4 is 15.4 Å². The van der Waals surface area contributed by atoms with Crippen molar-refractivity contribution in [3.63, 3.8) is 0 Å². The van der Waals surface area contributed by atoms with Gasteiger partial charge >= 0.3 is 0 Å². The third-order valence-electron chi connectivity index (χ3n) is 3.80. The predicted octanol–water partition coefficient (Wildman–Crippen LogP) is 4.99. The lowest BCUT2D eigenvalue weighted by molar-refractivity contribution is 0.0975. The Labute approximate surface area is 170 Å². The molecule has 0 fully saturated rings. The molecule has 1 amide bonds. The first kappa shape index (κ1) is 19.2. The van der Waals surface area contributed by atoms with Gasteiger partial charge in [0, 0.05) is 16.1 Å². The monoisotopic (exact) mass is 420 g/mol. The van der Waals surface area contributed by atoms with Gasteiger partial charge in [0.1, 0.15) is 11.5 Å². The van der Waals surface area contributed by atoms with Gasteiger partial charge in [-0.3, -0.25) is 10.1 Å². The van der Waals surface area contributed by atoms with Crippen LogP contribution in [-0.2, 0) is 0 Å². The highest BCUT2D eigenvalue weighted by Gasteiger charge is 2.18. The first-order chi connectivity index (χ1) is 12.9. The fourth-order valence-electron chi connectivity index (χ4n) is 2.64. The maximum atomic E-state index is 12.6. The average molecular weight is 421 g/mol. The fraction of sp³-hybridized carbons (Fsp3) is 0.0526. The van der Waals surface area contributed by atoms with E-state index >= 15 is 0 Å². The van der Waals surface area contributed by atoms with Crippen LogP contribution in [0.25, 0.3) is 10.8 Å². The number of methoxy groups -OCH3 is 1. The van der Waals surface area contributed by atoms with Gasteiger partial charge in [-0.2, -0.15) is 0 Å². The SMILES string of the molecule is COc1c(Cl)cc(Cl)cc1C(=O)NC(=S)Nc1cccc2cc(O)ccc12. The van der Waals surface area contributed by atoms with Crippen molar-refractivity contribution in [1.82, 2.24) is 5.32 Å². The highest BCUT2D eigenvalue weighted by atomic mass is 35.5. The molecule has 0 atom stereocenters. The molecular formula is C19H14Cl2N2O3S. The summed E-state index contributed by atoms with van der Waals surface area (Å²) >= 11 is 17.3. The molecule has 0 aliphatic rings. The number of anilines is 1. The Morgan fingerprint density at radius 3 is 2.67 bits per heavy atom. The van der Waals surface area contributed by atoms with E-state index in [1.807, 2.05) is 18.2 Å². The zero-order valence-corrected chi connectivity index (χ0v) is 16.4. The molecule has 0 aromatic heterocycles. The number of aromatic hydroxyl groups is 1. The molecule has 0 unspecified atom stereocenters. The van der Waals surface area contributed by atoms with E-state index in [-0.39, 0.29) is 27.2 Å². The quantitative estimate of drug-likeness (QED) is 0.520. The van der Waals surface area contributed by atoms with E-state index in [1.54, 1.807) is 18.2 Å². The number of halogens is 2. The van der Waals surface area contributed by atoms with Crippen LogP contribution in [0, 0.1) is 0 Å². The molecule has 0 aliphatic heterocycles. The lowest BCUT2D eigenvalue weighted by atomic mass is 10.1. The number of hydrogen-bond acceptors (Lipinski definition) is 4. The largest absolute Gasteiger partial charge is 0.508 e. The van der Waals surface area contributed by atoms with Crippen LogP contribution in [0.5, 0.6) is 11.5 Å². The Morgan fingerprint density at radius 1 is 1.15 bits per heavy atom. The highest BCUT2D eigenvalue weighted by molar-refractivity contribution is 7.80. The number of phenolic OH excluding ortho intramolecular Hbond substituents is 1. The smallest absolute Gasteiger partial charge is 0.261 e. The molecule has 0 saturated heterocycles. The summed E-state index contributed by atoms with van der Waals surface area (Å²) in [7, 11) is 1.41. The number of thiocarbonyl (C=S) groups is 1. The van der Waals surface area contributed by atoms with Crippen LogP contribution >= 0.6 is 35.4 Å². The average Bonchev–Trinajstić information content (AvgIpc) is 2.60. The van der Waals surface area contributed by atoms with E-state index in [0.717, 1.165) is 10.8 Å². The minimum atomic E-state index is -0.508. The molecule has 3 aromatic carbocycles. The maximum Gasteiger partial charge on any atom is 0.261 e. The minimum absolute atomic E-state index is 0.0960. The molecule has 3 N–H and O–H groups in total. The van der Waals surface area contributed by atoms with E-state index < -0.39 is 5.91 Å². The molecule has 3 aromatic rings. The van der Waals surface area contributed by atoms with Crippen LogP contribution in [-0.4, -0.2) is 23.2 Å². The Kier molecular flexibility index (Phi) is 5.70. The second-order valence-electron chi connectivity index (χ2n) is 5.59. The van der Waals surface area contributed by atoms with Crippen molar-refractivity contribution in [1.29, 1.82) is 0 Å². The zero-order valence-electron chi connectivity index (χ0n) is 14.0. The highest BCUT2D eigenvalue weighted by Crippen LogP contribution is 2.32. The summed E-state index contributed by atoms with van der Waals surface area (Å²) in [6.07, 6.45) is 0. The number of fused-ring (bicyclic) bond motifs is 1. The third-order valence-corrected chi connectivity index (χ3v) is 4.50. The molecule has 0 saturated carbocycles. The van der Waals surface area contributed by atoms with Crippen molar-refractivity contribution in [3.8, 4) is 11.5 Å². The summed E-state index contributed by atoms with van der Waals surface area (Å²) in [4.78, 5) is 12.6. The van der Waals surface area contributed by atoms with Crippen molar-refractivity contribution in [2.75, 3.05) is 12.4 Å². The van der Waals surface area contributed by atoms with Crippen molar-refractivity contribution in [2.45, 2.75) is 0 Å². The Balaban J connectivity index is 1.82. The molecule has 0 heterocycles.